The predicted octanol–water partition coefficient (Wildman–Crippen LogP) is 1.56. The summed E-state index contributed by atoms with van der Waals surface area (Å²) in [6, 6.07) is 0. The molecule has 0 aliphatic rings. The molecule has 0 heterocycles. The molecule has 0 saturated heterocycles. The van der Waals surface area contributed by atoms with Gasteiger partial charge >= 0.3 is 0 Å². The summed E-state index contributed by atoms with van der Waals surface area (Å²) in [5.74, 6) is 0. The fourth-order valence-electron chi connectivity index (χ4n) is 0.899. The molecule has 0 bridgehead atoms. The van der Waals surface area contributed by atoms with Crippen LogP contribution in [0.4, 0.5) is 0 Å². The van der Waals surface area contributed by atoms with Crippen molar-refractivity contribution in [2.75, 3.05) is 20.0 Å². The van der Waals surface area contributed by atoms with E-state index < -0.39 is 8.07 Å². The predicted molar refractivity (Wildman–Crippen MR) is 47.3 cm³/mol. The van der Waals surface area contributed by atoms with Gasteiger partial charge < -0.3 is 9.64 Å². The third-order valence-electron chi connectivity index (χ3n) is 1.01. The number of hydrogen-bond acceptors (Lipinski definition) is 2. The molecule has 65 valence electrons. The monoisotopic (exact) mass is 249 g/mol. The molecule has 0 fully saturated rings. The van der Waals surface area contributed by atoms with Crippen LogP contribution in [0.2, 0.25) is 19.6 Å². The Kier molecular flexibility index (Phi) is 9.02. The third-order valence-corrected chi connectivity index (χ3v) is 2.41. The molecule has 0 aromatic heterocycles. The van der Waals surface area contributed by atoms with Crippen LogP contribution in [0.25, 0.3) is 0 Å². The van der Waals surface area contributed by atoms with Crippen LogP contribution in [0, 0.1) is 7.05 Å². The van der Waals surface area contributed by atoms with Crippen molar-refractivity contribution >= 4 is 8.07 Å². The quantitative estimate of drug-likeness (QED) is 0.426. The molecule has 0 aliphatic carbocycles. The van der Waals surface area contributed by atoms with Gasteiger partial charge in [-0.1, -0.05) is 19.6 Å². The van der Waals surface area contributed by atoms with Crippen LogP contribution < -0.4 is 0 Å². The van der Waals surface area contributed by atoms with Gasteiger partial charge in [0.15, 0.2) is 0 Å². The van der Waals surface area contributed by atoms with E-state index in [0.29, 0.717) is 6.73 Å². The fourth-order valence-corrected chi connectivity index (χ4v) is 2.33. The molecule has 4 heteroatoms. The van der Waals surface area contributed by atoms with Crippen LogP contribution >= 0.6 is 0 Å². The second-order valence-electron chi connectivity index (χ2n) is 3.81. The van der Waals surface area contributed by atoms with Gasteiger partial charge in [0.25, 0.3) is 0 Å². The van der Waals surface area contributed by atoms with Crippen molar-refractivity contribution in [3.05, 3.63) is 7.05 Å². The van der Waals surface area contributed by atoms with Gasteiger partial charge in [-0.2, -0.15) is 0 Å². The van der Waals surface area contributed by atoms with Gasteiger partial charge in [0.1, 0.15) is 0 Å². The van der Waals surface area contributed by atoms with Crippen molar-refractivity contribution in [2.45, 2.75) is 19.6 Å². The molecule has 0 rings (SSSR count). The molecule has 0 saturated carbocycles. The van der Waals surface area contributed by atoms with Crippen molar-refractivity contribution in [3.8, 4) is 0 Å². The van der Waals surface area contributed by atoms with Crippen LogP contribution in [-0.2, 0) is 37.4 Å². The van der Waals surface area contributed by atoms with Crippen molar-refractivity contribution in [3.63, 3.8) is 0 Å². The average Bonchev–Trinajstić information content (AvgIpc) is 1.59. The molecule has 0 aromatic carbocycles. The summed E-state index contributed by atoms with van der Waals surface area (Å²) in [7, 11) is 4.58. The minimum Gasteiger partial charge on any atom is -0.440 e. The zero-order valence-electron chi connectivity index (χ0n) is 8.05. The molecule has 11 heavy (non-hydrogen) atoms. The Balaban J connectivity index is 0. The van der Waals surface area contributed by atoms with Gasteiger partial charge in [0.05, 0.1) is 14.8 Å². The summed E-state index contributed by atoms with van der Waals surface area (Å²) in [4.78, 5) is 1.98. The van der Waals surface area contributed by atoms with E-state index in [9.17, 15) is 0 Å². The second-order valence-corrected chi connectivity index (χ2v) is 9.24. The van der Waals surface area contributed by atoms with Crippen LogP contribution in [-0.4, -0.2) is 33.0 Å². The van der Waals surface area contributed by atoms with E-state index in [2.05, 4.69) is 26.7 Å². The smallest absolute Gasteiger partial charge is 0.0713 e. The summed E-state index contributed by atoms with van der Waals surface area (Å²) in [6.07, 6.45) is 1.10. The first-order valence-corrected chi connectivity index (χ1v) is 7.21. The van der Waals surface area contributed by atoms with Crippen LogP contribution in [0.15, 0.2) is 0 Å². The molecule has 0 amide bonds. The van der Waals surface area contributed by atoms with Crippen LogP contribution in [0.1, 0.15) is 0 Å². The van der Waals surface area contributed by atoms with E-state index in [1.54, 1.807) is 7.11 Å². The number of rotatable bonds is 4. The number of hydrogen-bond donors (Lipinski definition) is 0. The summed E-state index contributed by atoms with van der Waals surface area (Å²) in [5, 5.41) is 0. The zero-order valence-corrected chi connectivity index (χ0v) is 11.9. The first-order chi connectivity index (χ1) is 4.45. The maximum absolute atomic E-state index is 4.94. The molecule has 0 atom stereocenters. The summed E-state index contributed by atoms with van der Waals surface area (Å²) in [5.41, 5.74) is 0. The minimum atomic E-state index is -0.974. The van der Waals surface area contributed by atoms with E-state index in [4.69, 9.17) is 4.74 Å². The Morgan fingerprint density at radius 2 is 1.82 bits per heavy atom. The molecule has 0 aliphatic heterocycles. The minimum absolute atomic E-state index is 0. The standard InChI is InChI=1S/C7H18NOSi.Y/c1-8(6-9-2)7-10(3,4)5;/h1,6-7H2,2-5H3;/q-1;. The van der Waals surface area contributed by atoms with E-state index in [1.165, 1.54) is 0 Å². The molecule has 0 aromatic rings. The van der Waals surface area contributed by atoms with Gasteiger partial charge in [0, 0.05) is 39.8 Å². The third kappa shape index (κ3) is 11.2. The Hall–Kier alpha value is 1.24. The van der Waals surface area contributed by atoms with Crippen molar-refractivity contribution in [1.82, 2.24) is 4.90 Å². The van der Waals surface area contributed by atoms with Gasteiger partial charge in [-0.25, -0.2) is 0 Å². The second kappa shape index (κ2) is 6.72. The Morgan fingerprint density at radius 1 is 1.36 bits per heavy atom. The van der Waals surface area contributed by atoms with E-state index in [-0.39, 0.29) is 32.7 Å². The number of nitrogens with zero attached hydrogens (tertiary/aromatic N) is 1. The summed E-state index contributed by atoms with van der Waals surface area (Å²) >= 11 is 0. The molecule has 0 spiro atoms. The largest absolute Gasteiger partial charge is 0.440 e. The van der Waals surface area contributed by atoms with Crippen molar-refractivity contribution in [2.24, 2.45) is 0 Å². The molecule has 2 nitrogen and oxygen atoms in total. The van der Waals surface area contributed by atoms with Gasteiger partial charge in [-0.3, -0.25) is 7.05 Å². The number of methoxy groups -OCH3 is 1. The zero-order chi connectivity index (χ0) is 8.20. The van der Waals surface area contributed by atoms with E-state index in [1.807, 2.05) is 4.90 Å². The van der Waals surface area contributed by atoms with Crippen molar-refractivity contribution in [1.29, 1.82) is 0 Å². The van der Waals surface area contributed by atoms with Crippen LogP contribution in [0.5, 0.6) is 0 Å². The molecule has 0 unspecified atom stereocenters. The Bertz CT molecular complexity index is 94.9. The first-order valence-electron chi connectivity index (χ1n) is 3.50. The van der Waals surface area contributed by atoms with Crippen LogP contribution in [0.3, 0.4) is 0 Å². The Morgan fingerprint density at radius 3 is 2.09 bits per heavy atom. The fraction of sp³-hybridized carbons (Fsp3) is 0.857. The average molecular weight is 249 g/mol. The van der Waals surface area contributed by atoms with Gasteiger partial charge in [-0.05, 0) is 6.17 Å². The SMILES string of the molecule is [CH2-]N(COC)C[Si](C)(C)C.[Y]. The normalized spacial score (nSPS) is 11.5. The first kappa shape index (κ1) is 14.7. The Labute approximate surface area is 96.6 Å². The van der Waals surface area contributed by atoms with Crippen molar-refractivity contribution < 1.29 is 37.4 Å². The maximum atomic E-state index is 4.94. The van der Waals surface area contributed by atoms with E-state index in [0.717, 1.165) is 6.17 Å². The molecular formula is C7H18NOSiY-. The molecular weight excluding hydrogens is 231 g/mol. The summed E-state index contributed by atoms with van der Waals surface area (Å²) in [6.45, 7) is 7.60. The molecule has 1 radical (unpaired) electrons. The van der Waals surface area contributed by atoms with Gasteiger partial charge in [-0.15, -0.1) is 0 Å². The maximum Gasteiger partial charge on any atom is 0.0713 e. The molecule has 0 N–H and O–H groups in total. The van der Waals surface area contributed by atoms with Gasteiger partial charge in [0.2, 0.25) is 0 Å². The topological polar surface area (TPSA) is 12.5 Å². The van der Waals surface area contributed by atoms with E-state index >= 15 is 0 Å². The summed E-state index contributed by atoms with van der Waals surface area (Å²) < 4.78 is 4.94. The number of ether oxygens (including phenoxy) is 1.